The van der Waals surface area contributed by atoms with E-state index < -0.39 is 5.97 Å². The van der Waals surface area contributed by atoms with Gasteiger partial charge in [0.15, 0.2) is 0 Å². The quantitative estimate of drug-likeness (QED) is 0.277. The number of rotatable bonds is 8. The SMILES string of the molecule is CCCCOc1ccc(OC(C)=O)cc1C(=O)Nc1cc(-c2ccccc2)ccc1C. The number of anilines is 1. The van der Waals surface area contributed by atoms with Gasteiger partial charge in [-0.25, -0.2) is 0 Å². The third-order valence-corrected chi connectivity index (χ3v) is 4.81. The van der Waals surface area contributed by atoms with Crippen LogP contribution < -0.4 is 14.8 Å². The number of carbonyl (C=O) groups is 2. The number of unbranched alkanes of at least 4 members (excludes halogenated alkanes) is 1. The normalized spacial score (nSPS) is 10.4. The van der Waals surface area contributed by atoms with E-state index in [4.69, 9.17) is 9.47 Å². The molecule has 160 valence electrons. The first-order valence-electron chi connectivity index (χ1n) is 10.4. The summed E-state index contributed by atoms with van der Waals surface area (Å²) in [7, 11) is 0. The first-order valence-corrected chi connectivity index (χ1v) is 10.4. The average molecular weight is 418 g/mol. The molecule has 0 aliphatic carbocycles. The lowest BCUT2D eigenvalue weighted by Crippen LogP contribution is -2.15. The van der Waals surface area contributed by atoms with Crippen LogP contribution in [0.1, 0.15) is 42.6 Å². The van der Waals surface area contributed by atoms with Crippen LogP contribution in [0.25, 0.3) is 11.1 Å². The van der Waals surface area contributed by atoms with E-state index in [1.807, 2.05) is 55.5 Å². The first-order chi connectivity index (χ1) is 15.0. The van der Waals surface area contributed by atoms with Crippen LogP contribution in [0.5, 0.6) is 11.5 Å². The van der Waals surface area contributed by atoms with E-state index in [2.05, 4.69) is 12.2 Å². The zero-order valence-corrected chi connectivity index (χ0v) is 18.1. The Kier molecular flexibility index (Phi) is 7.44. The third-order valence-electron chi connectivity index (χ3n) is 4.81. The number of amides is 1. The molecule has 3 aromatic rings. The number of nitrogens with one attached hydrogen (secondary N) is 1. The molecule has 1 amide bonds. The Morgan fingerprint density at radius 1 is 0.935 bits per heavy atom. The van der Waals surface area contributed by atoms with Crippen molar-refractivity contribution >= 4 is 17.6 Å². The van der Waals surface area contributed by atoms with Crippen molar-refractivity contribution in [2.24, 2.45) is 0 Å². The van der Waals surface area contributed by atoms with E-state index in [9.17, 15) is 9.59 Å². The second kappa shape index (κ2) is 10.4. The molecule has 0 fully saturated rings. The van der Waals surface area contributed by atoms with E-state index in [-0.39, 0.29) is 5.91 Å². The molecule has 1 N–H and O–H groups in total. The number of esters is 1. The molecule has 0 saturated carbocycles. The van der Waals surface area contributed by atoms with Crippen LogP contribution >= 0.6 is 0 Å². The van der Waals surface area contributed by atoms with Gasteiger partial charge in [0, 0.05) is 12.6 Å². The summed E-state index contributed by atoms with van der Waals surface area (Å²) in [4.78, 5) is 24.5. The summed E-state index contributed by atoms with van der Waals surface area (Å²) in [5.74, 6) is -0.0137. The highest BCUT2D eigenvalue weighted by molar-refractivity contribution is 6.07. The molecule has 3 aromatic carbocycles. The van der Waals surface area contributed by atoms with Gasteiger partial charge in [-0.3, -0.25) is 9.59 Å². The molecular weight excluding hydrogens is 390 g/mol. The zero-order chi connectivity index (χ0) is 22.2. The van der Waals surface area contributed by atoms with Crippen molar-refractivity contribution in [2.75, 3.05) is 11.9 Å². The minimum absolute atomic E-state index is 0.301. The molecule has 31 heavy (non-hydrogen) atoms. The zero-order valence-electron chi connectivity index (χ0n) is 18.1. The number of carbonyl (C=O) groups excluding carboxylic acids is 2. The summed E-state index contributed by atoms with van der Waals surface area (Å²) in [5.41, 5.74) is 4.05. The maximum Gasteiger partial charge on any atom is 0.308 e. The maximum absolute atomic E-state index is 13.2. The van der Waals surface area contributed by atoms with Gasteiger partial charge in [0.25, 0.3) is 5.91 Å². The average Bonchev–Trinajstić information content (AvgIpc) is 2.76. The van der Waals surface area contributed by atoms with Gasteiger partial charge in [0.05, 0.1) is 12.2 Å². The van der Waals surface area contributed by atoms with Gasteiger partial charge in [-0.15, -0.1) is 0 Å². The lowest BCUT2D eigenvalue weighted by molar-refractivity contribution is -0.131. The minimum Gasteiger partial charge on any atom is -0.493 e. The first kappa shape index (κ1) is 22.1. The smallest absolute Gasteiger partial charge is 0.308 e. The summed E-state index contributed by atoms with van der Waals surface area (Å²) in [5, 5.41) is 2.99. The summed E-state index contributed by atoms with van der Waals surface area (Å²) in [6.45, 7) is 5.84. The van der Waals surface area contributed by atoms with E-state index in [1.165, 1.54) is 13.0 Å². The van der Waals surface area contributed by atoms with Crippen LogP contribution in [0.4, 0.5) is 5.69 Å². The summed E-state index contributed by atoms with van der Waals surface area (Å²) >= 11 is 0. The Labute approximate surface area is 183 Å². The van der Waals surface area contributed by atoms with E-state index in [0.29, 0.717) is 29.4 Å². The summed E-state index contributed by atoms with van der Waals surface area (Å²) in [6.07, 6.45) is 1.86. The molecular formula is C26H27NO4. The fourth-order valence-electron chi connectivity index (χ4n) is 3.12. The molecule has 0 aliphatic rings. The second-order valence-electron chi connectivity index (χ2n) is 7.30. The van der Waals surface area contributed by atoms with Gasteiger partial charge in [0.2, 0.25) is 0 Å². The Balaban J connectivity index is 1.90. The van der Waals surface area contributed by atoms with Crippen molar-refractivity contribution in [1.29, 1.82) is 0 Å². The monoisotopic (exact) mass is 417 g/mol. The van der Waals surface area contributed by atoms with Gasteiger partial charge < -0.3 is 14.8 Å². The van der Waals surface area contributed by atoms with Gasteiger partial charge >= 0.3 is 5.97 Å². The van der Waals surface area contributed by atoms with Crippen LogP contribution in [-0.2, 0) is 4.79 Å². The third kappa shape index (κ3) is 5.95. The molecule has 0 heterocycles. The molecule has 3 rings (SSSR count). The largest absolute Gasteiger partial charge is 0.493 e. The van der Waals surface area contributed by atoms with Gasteiger partial charge in [-0.2, -0.15) is 0 Å². The van der Waals surface area contributed by atoms with Crippen LogP contribution in [0.3, 0.4) is 0 Å². The van der Waals surface area contributed by atoms with Crippen LogP contribution in [0.15, 0.2) is 66.7 Å². The number of benzene rings is 3. The molecule has 0 unspecified atom stereocenters. The Morgan fingerprint density at radius 2 is 1.71 bits per heavy atom. The molecule has 0 aromatic heterocycles. The highest BCUT2D eigenvalue weighted by Crippen LogP contribution is 2.29. The molecule has 0 radical (unpaired) electrons. The second-order valence-corrected chi connectivity index (χ2v) is 7.30. The molecule has 0 aliphatic heterocycles. The van der Waals surface area contributed by atoms with Crippen molar-refractivity contribution in [3.8, 4) is 22.6 Å². The minimum atomic E-state index is -0.447. The maximum atomic E-state index is 13.2. The van der Waals surface area contributed by atoms with Crippen molar-refractivity contribution in [1.82, 2.24) is 0 Å². The molecule has 5 heteroatoms. The van der Waals surface area contributed by atoms with Crippen LogP contribution in [0.2, 0.25) is 0 Å². The fraction of sp³-hybridized carbons (Fsp3) is 0.231. The summed E-state index contributed by atoms with van der Waals surface area (Å²) < 4.78 is 11.0. The van der Waals surface area contributed by atoms with Gasteiger partial charge in [0.1, 0.15) is 11.5 Å². The van der Waals surface area contributed by atoms with E-state index in [0.717, 1.165) is 29.5 Å². The molecule has 5 nitrogen and oxygen atoms in total. The standard InChI is InChI=1S/C26H27NO4/c1-4-5-15-30-25-14-13-22(31-19(3)28)17-23(25)26(29)27-24-16-21(12-11-18(24)2)20-9-7-6-8-10-20/h6-14,16-17H,4-5,15H2,1-3H3,(H,27,29). The Hall–Kier alpha value is -3.60. The van der Waals surface area contributed by atoms with Crippen molar-refractivity contribution in [2.45, 2.75) is 33.6 Å². The van der Waals surface area contributed by atoms with E-state index >= 15 is 0 Å². The topological polar surface area (TPSA) is 64.6 Å². The predicted octanol–water partition coefficient (Wildman–Crippen LogP) is 6.02. The van der Waals surface area contributed by atoms with Crippen LogP contribution in [0, 0.1) is 6.92 Å². The predicted molar refractivity (Wildman–Crippen MR) is 123 cm³/mol. The van der Waals surface area contributed by atoms with Crippen molar-refractivity contribution < 1.29 is 19.1 Å². The van der Waals surface area contributed by atoms with Crippen LogP contribution in [-0.4, -0.2) is 18.5 Å². The Bertz CT molecular complexity index is 1060. The van der Waals surface area contributed by atoms with Crippen molar-refractivity contribution in [3.63, 3.8) is 0 Å². The highest BCUT2D eigenvalue weighted by atomic mass is 16.5. The van der Waals surface area contributed by atoms with Crippen molar-refractivity contribution in [3.05, 3.63) is 77.9 Å². The molecule has 0 bridgehead atoms. The number of aryl methyl sites for hydroxylation is 1. The highest BCUT2D eigenvalue weighted by Gasteiger charge is 2.17. The molecule has 0 saturated heterocycles. The molecule has 0 atom stereocenters. The lowest BCUT2D eigenvalue weighted by atomic mass is 10.0. The van der Waals surface area contributed by atoms with Gasteiger partial charge in [-0.05, 0) is 54.3 Å². The fourth-order valence-corrected chi connectivity index (χ4v) is 3.12. The molecule has 0 spiro atoms. The number of hydrogen-bond acceptors (Lipinski definition) is 4. The number of ether oxygens (including phenoxy) is 2. The lowest BCUT2D eigenvalue weighted by Gasteiger charge is -2.15. The number of hydrogen-bond donors (Lipinski definition) is 1. The summed E-state index contributed by atoms with van der Waals surface area (Å²) in [6, 6.07) is 20.8. The van der Waals surface area contributed by atoms with E-state index in [1.54, 1.807) is 12.1 Å². The Morgan fingerprint density at radius 3 is 2.42 bits per heavy atom. The van der Waals surface area contributed by atoms with Gasteiger partial charge in [-0.1, -0.05) is 55.8 Å².